The van der Waals surface area contributed by atoms with Crippen molar-refractivity contribution in [3.63, 3.8) is 0 Å². The average molecular weight is 799 g/mol. The second kappa shape index (κ2) is 18.6. The van der Waals surface area contributed by atoms with E-state index in [2.05, 4.69) is 0 Å². The molecule has 0 bridgehead atoms. The van der Waals surface area contributed by atoms with E-state index in [1.165, 1.54) is 40.7 Å². The zero-order valence-corrected chi connectivity index (χ0v) is 31.9. The first-order valence-corrected chi connectivity index (χ1v) is 18.0. The number of cyclic esters (lactones) is 5. The number of phenolic OH excluding ortho intramolecular Hbond substituents is 6. The number of rotatable bonds is 0. The van der Waals surface area contributed by atoms with Crippen LogP contribution in [0.3, 0.4) is 0 Å². The number of aliphatic hydroxyl groups excluding tert-OH is 1. The number of ether oxygens (including phenoxy) is 5. The number of esters is 5. The highest BCUT2D eigenvalue weighted by molar-refractivity contribution is 5.96. The van der Waals surface area contributed by atoms with Crippen LogP contribution in [-0.2, 0) is 52.5 Å². The van der Waals surface area contributed by atoms with Crippen molar-refractivity contribution in [2.45, 2.75) is 110 Å². The summed E-state index contributed by atoms with van der Waals surface area (Å²) in [4.78, 5) is 65.6. The van der Waals surface area contributed by atoms with Crippen LogP contribution in [0.15, 0.2) is 36.4 Å². The number of hydrogen-bond acceptors (Lipinski definition) is 17. The molecule has 0 fully saturated rings. The molecule has 0 spiro atoms. The van der Waals surface area contributed by atoms with E-state index in [1.807, 2.05) is 0 Å². The smallest absolute Gasteiger partial charge is 0.342 e. The highest BCUT2D eigenvalue weighted by atomic mass is 16.6. The molecule has 1 aliphatic rings. The molecular weight excluding hydrogens is 752 g/mol. The van der Waals surface area contributed by atoms with Crippen LogP contribution in [0.1, 0.15) is 102 Å². The maximum Gasteiger partial charge on any atom is 0.342 e. The van der Waals surface area contributed by atoms with Gasteiger partial charge in [0.1, 0.15) is 81.7 Å². The van der Waals surface area contributed by atoms with Gasteiger partial charge in [0.15, 0.2) is 0 Å². The lowest BCUT2D eigenvalue weighted by atomic mass is 9.97. The fourth-order valence-corrected chi connectivity index (χ4v) is 6.49. The van der Waals surface area contributed by atoms with Gasteiger partial charge in [0.25, 0.3) is 0 Å². The van der Waals surface area contributed by atoms with Crippen molar-refractivity contribution >= 4 is 29.8 Å². The minimum absolute atomic E-state index is 0.0319. The van der Waals surface area contributed by atoms with E-state index in [-0.39, 0.29) is 53.5 Å². The molecule has 0 aliphatic carbocycles. The Labute approximate surface area is 327 Å². The van der Waals surface area contributed by atoms with Crippen LogP contribution in [0.2, 0.25) is 0 Å². The summed E-state index contributed by atoms with van der Waals surface area (Å²) in [6, 6.07) is 6.14. The van der Waals surface area contributed by atoms with E-state index in [1.54, 1.807) is 0 Å². The van der Waals surface area contributed by atoms with Crippen LogP contribution in [-0.4, -0.2) is 102 Å². The maximum absolute atomic E-state index is 13.3. The highest BCUT2D eigenvalue weighted by Crippen LogP contribution is 2.33. The van der Waals surface area contributed by atoms with Gasteiger partial charge < -0.3 is 59.4 Å². The molecule has 308 valence electrons. The Balaban J connectivity index is 1.66. The average Bonchev–Trinajstić information content (AvgIpc) is 3.02. The van der Waals surface area contributed by atoms with Gasteiger partial charge in [-0.25, -0.2) is 14.4 Å². The molecule has 1 heterocycles. The summed E-state index contributed by atoms with van der Waals surface area (Å²) in [5.74, 6) is -8.13. The summed E-state index contributed by atoms with van der Waals surface area (Å²) in [6.07, 6.45) is -8.40. The van der Waals surface area contributed by atoms with Gasteiger partial charge in [-0.2, -0.15) is 0 Å². The molecule has 4 rings (SSSR count). The van der Waals surface area contributed by atoms with Crippen molar-refractivity contribution in [1.29, 1.82) is 0 Å². The van der Waals surface area contributed by atoms with E-state index >= 15 is 0 Å². The molecule has 0 amide bonds. The Morgan fingerprint density at radius 1 is 0.421 bits per heavy atom. The third-order valence-corrected chi connectivity index (χ3v) is 8.74. The Morgan fingerprint density at radius 2 is 0.719 bits per heavy atom. The lowest BCUT2D eigenvalue weighted by Crippen LogP contribution is -2.27. The van der Waals surface area contributed by atoms with Gasteiger partial charge in [0.05, 0.1) is 18.9 Å². The number of carbonyl (C=O) groups excluding carboxylic acids is 5. The Hall–Kier alpha value is -6.23. The number of benzene rings is 3. The quantitative estimate of drug-likeness (QED) is 0.125. The number of hydrogen-bond donors (Lipinski definition) is 7. The first kappa shape index (κ1) is 43.5. The number of phenols is 6. The SMILES string of the molecule is C[C@@H]1Cc2cc(O)cc(O)c2C(=O)O[C@H](C)CC(=O)O[C@H](C)Cc2cc(O)cc(O)c2C(=O)O[C@H](C)C[C@@H](O)Cc2cc(O)cc(O)c2C(=O)O[C@H](C)CC(=O)O1. The number of carbonyl (C=O) groups is 5. The zero-order valence-electron chi connectivity index (χ0n) is 31.9. The van der Waals surface area contributed by atoms with Gasteiger partial charge >= 0.3 is 29.8 Å². The predicted octanol–water partition coefficient (Wildman–Crippen LogP) is 3.99. The minimum atomic E-state index is -1.33. The molecule has 0 radical (unpaired) electrons. The van der Waals surface area contributed by atoms with Gasteiger partial charge in [-0.1, -0.05) is 0 Å². The lowest BCUT2D eigenvalue weighted by molar-refractivity contribution is -0.151. The fraction of sp³-hybridized carbons (Fsp3) is 0.425. The molecule has 1 aliphatic heterocycles. The highest BCUT2D eigenvalue weighted by Gasteiger charge is 2.29. The molecule has 57 heavy (non-hydrogen) atoms. The van der Waals surface area contributed by atoms with Crippen LogP contribution in [0.25, 0.3) is 0 Å². The summed E-state index contributed by atoms with van der Waals surface area (Å²) < 4.78 is 27.2. The predicted molar refractivity (Wildman–Crippen MR) is 196 cm³/mol. The van der Waals surface area contributed by atoms with Gasteiger partial charge in [0, 0.05) is 37.5 Å². The van der Waals surface area contributed by atoms with E-state index in [4.69, 9.17) is 23.7 Å². The van der Waals surface area contributed by atoms with Gasteiger partial charge in [-0.15, -0.1) is 0 Å². The molecule has 0 saturated carbocycles. The summed E-state index contributed by atoms with van der Waals surface area (Å²) in [5, 5.41) is 73.3. The molecule has 0 saturated heterocycles. The molecule has 6 atom stereocenters. The Morgan fingerprint density at radius 3 is 1.07 bits per heavy atom. The van der Waals surface area contributed by atoms with Crippen molar-refractivity contribution in [3.05, 3.63) is 69.8 Å². The van der Waals surface area contributed by atoms with Crippen molar-refractivity contribution in [2.75, 3.05) is 0 Å². The molecule has 17 nitrogen and oxygen atoms in total. The lowest BCUT2D eigenvalue weighted by Gasteiger charge is -2.22. The van der Waals surface area contributed by atoms with Crippen LogP contribution in [0.4, 0.5) is 0 Å². The summed E-state index contributed by atoms with van der Waals surface area (Å²) >= 11 is 0. The third kappa shape index (κ3) is 11.9. The van der Waals surface area contributed by atoms with E-state index in [0.717, 1.165) is 30.3 Å². The van der Waals surface area contributed by atoms with Gasteiger partial charge in [0.2, 0.25) is 0 Å². The van der Waals surface area contributed by atoms with Crippen LogP contribution in [0.5, 0.6) is 34.5 Å². The molecule has 0 unspecified atom stereocenters. The first-order valence-electron chi connectivity index (χ1n) is 18.0. The largest absolute Gasteiger partial charge is 0.508 e. The van der Waals surface area contributed by atoms with Crippen molar-refractivity contribution in [3.8, 4) is 34.5 Å². The molecular formula is C40H46O17. The Bertz CT molecular complexity index is 2010. The first-order chi connectivity index (χ1) is 26.7. The number of fused-ring (bicyclic) bond motifs is 3. The Kier molecular flexibility index (Phi) is 14.2. The second-order valence-corrected chi connectivity index (χ2v) is 14.2. The normalized spacial score (nSPS) is 23.8. The third-order valence-electron chi connectivity index (χ3n) is 8.74. The van der Waals surface area contributed by atoms with Gasteiger partial charge in [-0.3, -0.25) is 9.59 Å². The topological polar surface area (TPSA) is 273 Å². The van der Waals surface area contributed by atoms with E-state index < -0.39 is 119 Å². The monoisotopic (exact) mass is 798 g/mol. The zero-order chi connectivity index (χ0) is 42.3. The second-order valence-electron chi connectivity index (χ2n) is 14.2. The molecule has 3 aromatic rings. The standard InChI is InChI=1S/C40H46O17/c1-18-6-23-11-27(42)15-30(45)35(23)38(50)55-20(3)8-26(41)13-25-14-29(44)17-32(47)37(25)40(52)57-22(5)10-34(49)54-19(2)7-24-12-28(43)16-31(46)36(24)39(51)56-21(4)9-33(48)53-18/h11-12,14-22,26,41-47H,6-10,13H2,1-5H3/t18-,19-,20-,21-,22-,26-/m1/s1. The molecule has 17 heteroatoms. The summed E-state index contributed by atoms with van der Waals surface area (Å²) in [5.41, 5.74) is -1.10. The summed E-state index contributed by atoms with van der Waals surface area (Å²) in [6.45, 7) is 7.15. The number of aromatic hydroxyl groups is 6. The van der Waals surface area contributed by atoms with Crippen LogP contribution < -0.4 is 0 Å². The minimum Gasteiger partial charge on any atom is -0.508 e. The van der Waals surface area contributed by atoms with E-state index in [9.17, 15) is 59.7 Å². The summed E-state index contributed by atoms with van der Waals surface area (Å²) in [7, 11) is 0. The van der Waals surface area contributed by atoms with Crippen molar-refractivity contribution in [2.24, 2.45) is 0 Å². The number of aliphatic hydroxyl groups is 1. The van der Waals surface area contributed by atoms with Crippen LogP contribution >= 0.6 is 0 Å². The van der Waals surface area contributed by atoms with Crippen LogP contribution in [0, 0.1) is 0 Å². The van der Waals surface area contributed by atoms with Crippen molar-refractivity contribution in [1.82, 2.24) is 0 Å². The molecule has 7 N–H and O–H groups in total. The molecule has 0 aromatic heterocycles. The molecule has 3 aromatic carbocycles. The maximum atomic E-state index is 13.3. The van der Waals surface area contributed by atoms with E-state index in [0.29, 0.717) is 0 Å². The van der Waals surface area contributed by atoms with Gasteiger partial charge in [-0.05, 0) is 75.9 Å². The van der Waals surface area contributed by atoms with Crippen molar-refractivity contribution < 1.29 is 83.4 Å². The fourth-order valence-electron chi connectivity index (χ4n) is 6.49.